The summed E-state index contributed by atoms with van der Waals surface area (Å²) < 4.78 is 21.9. The molecule has 3 nitrogen and oxygen atoms in total. The Morgan fingerprint density at radius 1 is 1.50 bits per heavy atom. The Morgan fingerprint density at radius 3 is 2.58 bits per heavy atom. The van der Waals surface area contributed by atoms with Crippen LogP contribution in [0.15, 0.2) is 12.4 Å². The molecule has 12 heavy (non-hydrogen) atoms. The molecule has 0 spiro atoms. The Kier molecular flexibility index (Phi) is 3.22. The predicted octanol–water partition coefficient (Wildman–Crippen LogP) is 1.19. The lowest BCUT2D eigenvalue weighted by Gasteiger charge is -2.21. The van der Waals surface area contributed by atoms with Crippen molar-refractivity contribution >= 4 is 5.97 Å². The number of hydrogen-bond donors (Lipinski definition) is 0. The van der Waals surface area contributed by atoms with Crippen molar-refractivity contribution in [1.29, 1.82) is 0 Å². The highest BCUT2D eigenvalue weighted by molar-refractivity contribution is 5.85. The Bertz CT molecular complexity index is 185. The second-order valence-corrected chi connectivity index (χ2v) is 2.62. The second kappa shape index (κ2) is 4.21. The van der Waals surface area contributed by atoms with Crippen molar-refractivity contribution in [1.82, 2.24) is 0 Å². The van der Waals surface area contributed by atoms with E-state index in [1.165, 1.54) is 0 Å². The van der Waals surface area contributed by atoms with Crippen LogP contribution in [0.4, 0.5) is 4.39 Å². The largest absolute Gasteiger partial charge is 0.457 e. The van der Waals surface area contributed by atoms with Crippen LogP contribution >= 0.6 is 0 Å². The van der Waals surface area contributed by atoms with Crippen LogP contribution in [0.1, 0.15) is 12.8 Å². The van der Waals surface area contributed by atoms with Gasteiger partial charge in [0, 0.05) is 12.8 Å². The van der Waals surface area contributed by atoms with Crippen molar-refractivity contribution in [3.8, 4) is 0 Å². The first kappa shape index (κ1) is 9.19. The lowest BCUT2D eigenvalue weighted by Crippen LogP contribution is -2.26. The maximum atomic E-state index is 12.1. The third-order valence-electron chi connectivity index (χ3n) is 1.66. The molecule has 1 rings (SSSR count). The first-order valence-corrected chi connectivity index (χ1v) is 3.83. The molecule has 0 unspecified atom stereocenters. The van der Waals surface area contributed by atoms with Crippen LogP contribution in [0.2, 0.25) is 0 Å². The average molecular weight is 174 g/mol. The zero-order valence-electron chi connectivity index (χ0n) is 6.72. The fourth-order valence-electron chi connectivity index (χ4n) is 1.01. The summed E-state index contributed by atoms with van der Waals surface area (Å²) in [4.78, 5) is 10.7. The van der Waals surface area contributed by atoms with Gasteiger partial charge in [-0.2, -0.15) is 4.39 Å². The van der Waals surface area contributed by atoms with Crippen LogP contribution < -0.4 is 0 Å². The molecule has 0 aromatic heterocycles. The smallest absolute Gasteiger partial charge is 0.366 e. The summed E-state index contributed by atoms with van der Waals surface area (Å²) in [7, 11) is 0. The van der Waals surface area contributed by atoms with E-state index in [4.69, 9.17) is 9.47 Å². The van der Waals surface area contributed by atoms with E-state index in [0.717, 1.165) is 0 Å². The molecule has 0 aromatic carbocycles. The molecule has 0 bridgehead atoms. The quantitative estimate of drug-likeness (QED) is 0.466. The maximum Gasteiger partial charge on any atom is 0.366 e. The highest BCUT2D eigenvalue weighted by Crippen LogP contribution is 2.12. The fraction of sp³-hybridized carbons (Fsp3) is 0.625. The van der Waals surface area contributed by atoms with Gasteiger partial charge in [-0.3, -0.25) is 0 Å². The van der Waals surface area contributed by atoms with E-state index in [9.17, 15) is 9.18 Å². The van der Waals surface area contributed by atoms with Crippen LogP contribution in [0.3, 0.4) is 0 Å². The third-order valence-corrected chi connectivity index (χ3v) is 1.66. The summed E-state index contributed by atoms with van der Waals surface area (Å²) in [6.07, 6.45) is 1.07. The molecule has 0 atom stereocenters. The monoisotopic (exact) mass is 174 g/mol. The lowest BCUT2D eigenvalue weighted by atomic mass is 10.1. The van der Waals surface area contributed by atoms with Crippen LogP contribution in [0.5, 0.6) is 0 Å². The standard InChI is InChI=1S/C8H11FO3/c1-6(9)8(10)12-7-2-4-11-5-3-7/h7H,1-5H2. The zero-order chi connectivity index (χ0) is 8.97. The van der Waals surface area contributed by atoms with E-state index in [2.05, 4.69) is 6.58 Å². The van der Waals surface area contributed by atoms with Gasteiger partial charge >= 0.3 is 5.97 Å². The second-order valence-electron chi connectivity index (χ2n) is 2.62. The minimum absolute atomic E-state index is 0.209. The molecule has 1 saturated heterocycles. The van der Waals surface area contributed by atoms with E-state index in [1.807, 2.05) is 0 Å². The van der Waals surface area contributed by atoms with Gasteiger partial charge in [0.1, 0.15) is 6.10 Å². The van der Waals surface area contributed by atoms with Crippen LogP contribution in [0, 0.1) is 0 Å². The van der Waals surface area contributed by atoms with Crippen LogP contribution in [-0.2, 0) is 14.3 Å². The minimum Gasteiger partial charge on any atom is -0.457 e. The maximum absolute atomic E-state index is 12.1. The van der Waals surface area contributed by atoms with Crippen molar-refractivity contribution in [3.05, 3.63) is 12.4 Å². The van der Waals surface area contributed by atoms with Gasteiger partial charge in [0.25, 0.3) is 0 Å². The lowest BCUT2D eigenvalue weighted by molar-refractivity contribution is -0.150. The summed E-state index contributed by atoms with van der Waals surface area (Å²) in [5.74, 6) is -2.00. The van der Waals surface area contributed by atoms with E-state index in [-0.39, 0.29) is 6.10 Å². The summed E-state index contributed by atoms with van der Waals surface area (Å²) in [6, 6.07) is 0. The van der Waals surface area contributed by atoms with Gasteiger partial charge in [-0.25, -0.2) is 4.79 Å². The van der Waals surface area contributed by atoms with Gasteiger partial charge in [-0.15, -0.1) is 0 Å². The SMILES string of the molecule is C=C(F)C(=O)OC1CCOCC1. The number of esters is 1. The van der Waals surface area contributed by atoms with Crippen molar-refractivity contribution in [3.63, 3.8) is 0 Å². The minimum atomic E-state index is -1.04. The molecule has 1 fully saturated rings. The Hall–Kier alpha value is -0.900. The highest BCUT2D eigenvalue weighted by atomic mass is 19.1. The fourth-order valence-corrected chi connectivity index (χ4v) is 1.01. The van der Waals surface area contributed by atoms with Gasteiger partial charge in [0.05, 0.1) is 13.2 Å². The molecule has 0 aromatic rings. The summed E-state index contributed by atoms with van der Waals surface area (Å²) in [5, 5.41) is 0. The molecule has 0 N–H and O–H groups in total. The first-order chi connectivity index (χ1) is 5.70. The van der Waals surface area contributed by atoms with Crippen molar-refractivity contribution in [2.45, 2.75) is 18.9 Å². The van der Waals surface area contributed by atoms with Gasteiger partial charge < -0.3 is 9.47 Å². The van der Waals surface area contributed by atoms with Crippen LogP contribution in [0.25, 0.3) is 0 Å². The number of halogens is 1. The topological polar surface area (TPSA) is 35.5 Å². The van der Waals surface area contributed by atoms with Crippen molar-refractivity contribution < 1.29 is 18.7 Å². The number of rotatable bonds is 2. The molecule has 0 radical (unpaired) electrons. The van der Waals surface area contributed by atoms with Crippen molar-refractivity contribution in [2.24, 2.45) is 0 Å². The van der Waals surface area contributed by atoms with Gasteiger partial charge in [-0.05, 0) is 0 Å². The number of hydrogen-bond acceptors (Lipinski definition) is 3. The molecule has 1 aliphatic heterocycles. The predicted molar refractivity (Wildman–Crippen MR) is 40.2 cm³/mol. The number of ether oxygens (including phenoxy) is 2. The summed E-state index contributed by atoms with van der Waals surface area (Å²) in [5.41, 5.74) is 0. The Balaban J connectivity index is 2.29. The molecular weight excluding hydrogens is 163 g/mol. The molecule has 0 saturated carbocycles. The Labute approximate surface area is 70.2 Å². The normalized spacial score (nSPS) is 18.8. The highest BCUT2D eigenvalue weighted by Gasteiger charge is 2.19. The first-order valence-electron chi connectivity index (χ1n) is 3.83. The van der Waals surface area contributed by atoms with Gasteiger partial charge in [-0.1, -0.05) is 6.58 Å². The molecule has 68 valence electrons. The van der Waals surface area contributed by atoms with Gasteiger partial charge in [0.2, 0.25) is 5.83 Å². The van der Waals surface area contributed by atoms with Crippen molar-refractivity contribution in [2.75, 3.05) is 13.2 Å². The number of carbonyl (C=O) groups is 1. The van der Waals surface area contributed by atoms with Crippen LogP contribution in [-0.4, -0.2) is 25.3 Å². The molecular formula is C8H11FO3. The average Bonchev–Trinajstić information content (AvgIpc) is 2.06. The molecule has 1 heterocycles. The van der Waals surface area contributed by atoms with E-state index < -0.39 is 11.8 Å². The Morgan fingerprint density at radius 2 is 2.08 bits per heavy atom. The van der Waals surface area contributed by atoms with E-state index in [0.29, 0.717) is 26.1 Å². The molecule has 4 heteroatoms. The zero-order valence-corrected chi connectivity index (χ0v) is 6.72. The summed E-state index contributed by atoms with van der Waals surface area (Å²) in [6.45, 7) is 3.98. The van der Waals surface area contributed by atoms with E-state index in [1.54, 1.807) is 0 Å². The number of carbonyl (C=O) groups excluding carboxylic acids is 1. The third kappa shape index (κ3) is 2.62. The van der Waals surface area contributed by atoms with E-state index >= 15 is 0 Å². The summed E-state index contributed by atoms with van der Waals surface area (Å²) >= 11 is 0. The van der Waals surface area contributed by atoms with Gasteiger partial charge in [0.15, 0.2) is 0 Å². The molecule has 0 aliphatic carbocycles. The molecule has 0 amide bonds. The molecule has 1 aliphatic rings.